The zero-order valence-corrected chi connectivity index (χ0v) is 19.8. The number of hydrogen-bond acceptors (Lipinski definition) is 4. The van der Waals surface area contributed by atoms with Crippen LogP contribution in [0.1, 0.15) is 43.2 Å². The van der Waals surface area contributed by atoms with Crippen LogP contribution in [0.5, 0.6) is 11.5 Å². The van der Waals surface area contributed by atoms with E-state index in [0.29, 0.717) is 11.5 Å². The van der Waals surface area contributed by atoms with E-state index in [4.69, 9.17) is 19.7 Å². The Hall–Kier alpha value is -3.06. The average molecular weight is 471 g/mol. The Morgan fingerprint density at radius 2 is 1.09 bits per heavy atom. The van der Waals surface area contributed by atoms with Gasteiger partial charge in [0.1, 0.15) is 11.5 Å². The standard InChI is InChI=1S/C27H35NO6/c29-26(30)20-33-24-12-8-22(9-13-24)6-4-18-28(16-2-1-3-17-28)19-5-7-23-10-14-25(15-11-23)34-21-27(31)32/h8-15H,1-7,16-21H2,(H-,29,30,31,32)/p+1. The highest BCUT2D eigenvalue weighted by Crippen LogP contribution is 2.23. The van der Waals surface area contributed by atoms with E-state index in [1.165, 1.54) is 61.1 Å². The summed E-state index contributed by atoms with van der Waals surface area (Å²) < 4.78 is 11.6. The van der Waals surface area contributed by atoms with Gasteiger partial charge < -0.3 is 24.2 Å². The molecule has 1 saturated heterocycles. The maximum absolute atomic E-state index is 10.6. The zero-order valence-electron chi connectivity index (χ0n) is 19.8. The Morgan fingerprint density at radius 1 is 0.676 bits per heavy atom. The van der Waals surface area contributed by atoms with Gasteiger partial charge in [0.15, 0.2) is 13.2 Å². The number of carboxylic acid groups (broad SMARTS) is 2. The molecule has 184 valence electrons. The van der Waals surface area contributed by atoms with Crippen LogP contribution in [0.25, 0.3) is 0 Å². The molecule has 1 fully saturated rings. The summed E-state index contributed by atoms with van der Waals surface area (Å²) in [5.74, 6) is -0.762. The molecule has 1 aliphatic rings. The Bertz CT molecular complexity index is 834. The molecule has 7 heteroatoms. The minimum atomic E-state index is -0.971. The van der Waals surface area contributed by atoms with Crippen molar-refractivity contribution in [2.24, 2.45) is 0 Å². The first-order valence-corrected chi connectivity index (χ1v) is 12.2. The van der Waals surface area contributed by atoms with Crippen LogP contribution in [0.15, 0.2) is 48.5 Å². The van der Waals surface area contributed by atoms with Crippen LogP contribution in [0.3, 0.4) is 0 Å². The van der Waals surface area contributed by atoms with Gasteiger partial charge in [-0.1, -0.05) is 24.3 Å². The van der Waals surface area contributed by atoms with E-state index in [1.54, 1.807) is 0 Å². The minimum Gasteiger partial charge on any atom is -0.482 e. The molecular formula is C27H36NO6+. The Morgan fingerprint density at radius 3 is 1.47 bits per heavy atom. The molecule has 7 nitrogen and oxygen atoms in total. The number of hydrogen-bond donors (Lipinski definition) is 2. The molecule has 0 amide bonds. The summed E-state index contributed by atoms with van der Waals surface area (Å²) in [5, 5.41) is 17.4. The number of aryl methyl sites for hydroxylation is 2. The Labute approximate surface area is 201 Å². The van der Waals surface area contributed by atoms with Crippen molar-refractivity contribution in [3.05, 3.63) is 59.7 Å². The average Bonchev–Trinajstić information content (AvgIpc) is 2.83. The molecule has 0 bridgehead atoms. The molecule has 0 aromatic heterocycles. The lowest BCUT2D eigenvalue weighted by Crippen LogP contribution is -2.52. The third-order valence-corrected chi connectivity index (χ3v) is 6.53. The van der Waals surface area contributed by atoms with Crippen LogP contribution in [-0.2, 0) is 22.4 Å². The third kappa shape index (κ3) is 8.71. The number of piperidine rings is 1. The number of quaternary nitrogens is 1. The van der Waals surface area contributed by atoms with Crippen molar-refractivity contribution < 1.29 is 33.8 Å². The second-order valence-electron chi connectivity index (χ2n) is 9.16. The molecule has 0 atom stereocenters. The number of benzene rings is 2. The van der Waals surface area contributed by atoms with Crippen molar-refractivity contribution in [1.82, 2.24) is 0 Å². The first-order chi connectivity index (χ1) is 16.4. The van der Waals surface area contributed by atoms with Crippen LogP contribution in [0.2, 0.25) is 0 Å². The van der Waals surface area contributed by atoms with Crippen molar-refractivity contribution >= 4 is 11.9 Å². The summed E-state index contributed by atoms with van der Waals surface area (Å²) in [7, 11) is 0. The van der Waals surface area contributed by atoms with E-state index < -0.39 is 11.9 Å². The molecule has 2 N–H and O–H groups in total. The van der Waals surface area contributed by atoms with Crippen LogP contribution < -0.4 is 9.47 Å². The lowest BCUT2D eigenvalue weighted by Gasteiger charge is -2.42. The lowest BCUT2D eigenvalue weighted by molar-refractivity contribution is -0.932. The summed E-state index contributed by atoms with van der Waals surface area (Å²) in [6, 6.07) is 15.5. The molecule has 0 saturated carbocycles. The Balaban J connectivity index is 1.45. The Kier molecular flexibility index (Phi) is 9.76. The van der Waals surface area contributed by atoms with Gasteiger partial charge in [-0.3, -0.25) is 0 Å². The quantitative estimate of drug-likeness (QED) is 0.403. The van der Waals surface area contributed by atoms with E-state index in [0.717, 1.165) is 25.7 Å². The molecule has 0 aliphatic carbocycles. The zero-order chi connectivity index (χ0) is 24.2. The van der Waals surface area contributed by atoms with Crippen LogP contribution >= 0.6 is 0 Å². The van der Waals surface area contributed by atoms with Gasteiger partial charge in [-0.05, 0) is 67.5 Å². The maximum Gasteiger partial charge on any atom is 0.341 e. The second-order valence-corrected chi connectivity index (χ2v) is 9.16. The summed E-state index contributed by atoms with van der Waals surface area (Å²) >= 11 is 0. The molecule has 1 heterocycles. The highest BCUT2D eigenvalue weighted by Gasteiger charge is 2.28. The number of rotatable bonds is 14. The van der Waals surface area contributed by atoms with Gasteiger partial charge in [0, 0.05) is 12.8 Å². The van der Waals surface area contributed by atoms with E-state index in [1.807, 2.05) is 48.5 Å². The van der Waals surface area contributed by atoms with Gasteiger partial charge in [-0.15, -0.1) is 0 Å². The monoisotopic (exact) mass is 470 g/mol. The van der Waals surface area contributed by atoms with Gasteiger partial charge in [-0.2, -0.15) is 0 Å². The summed E-state index contributed by atoms with van der Waals surface area (Å²) in [6.07, 6.45) is 8.20. The molecule has 0 radical (unpaired) electrons. The molecule has 2 aromatic carbocycles. The number of likely N-dealkylation sites (tertiary alicyclic amines) is 1. The van der Waals surface area contributed by atoms with Gasteiger partial charge >= 0.3 is 11.9 Å². The van der Waals surface area contributed by atoms with Crippen LogP contribution in [0.4, 0.5) is 0 Å². The highest BCUT2D eigenvalue weighted by atomic mass is 16.5. The summed E-state index contributed by atoms with van der Waals surface area (Å²) in [6.45, 7) is 4.23. The van der Waals surface area contributed by atoms with Crippen LogP contribution in [-0.4, -0.2) is 66.0 Å². The predicted octanol–water partition coefficient (Wildman–Crippen LogP) is 4.18. The highest BCUT2D eigenvalue weighted by molar-refractivity contribution is 5.68. The van der Waals surface area contributed by atoms with E-state index in [-0.39, 0.29) is 13.2 Å². The fraction of sp³-hybridized carbons (Fsp3) is 0.481. The van der Waals surface area contributed by atoms with Gasteiger partial charge in [0.2, 0.25) is 0 Å². The van der Waals surface area contributed by atoms with Crippen molar-refractivity contribution in [1.29, 1.82) is 0 Å². The molecule has 1 aliphatic heterocycles. The first kappa shape index (κ1) is 25.6. The molecule has 0 spiro atoms. The predicted molar refractivity (Wildman–Crippen MR) is 129 cm³/mol. The van der Waals surface area contributed by atoms with E-state index >= 15 is 0 Å². The topological polar surface area (TPSA) is 93.1 Å². The number of aliphatic carboxylic acids is 2. The van der Waals surface area contributed by atoms with E-state index in [2.05, 4.69) is 0 Å². The van der Waals surface area contributed by atoms with Crippen molar-refractivity contribution in [2.75, 3.05) is 39.4 Å². The molecule has 3 rings (SSSR count). The number of carbonyl (C=O) groups is 2. The lowest BCUT2D eigenvalue weighted by atomic mass is 10.0. The molecule has 34 heavy (non-hydrogen) atoms. The molecule has 2 aromatic rings. The fourth-order valence-electron chi connectivity index (χ4n) is 4.77. The SMILES string of the molecule is O=C(O)COc1ccc(CCC[N+]2(CCCc3ccc(OCC(=O)O)cc3)CCCCC2)cc1. The van der Waals surface area contributed by atoms with E-state index in [9.17, 15) is 9.59 Å². The third-order valence-electron chi connectivity index (χ3n) is 6.53. The maximum atomic E-state index is 10.6. The minimum absolute atomic E-state index is 0.317. The normalized spacial score (nSPS) is 14.9. The number of carboxylic acids is 2. The molecular weight excluding hydrogens is 434 g/mol. The second kappa shape index (κ2) is 13.0. The number of ether oxygens (including phenoxy) is 2. The summed E-state index contributed by atoms with van der Waals surface area (Å²) in [4.78, 5) is 21.3. The van der Waals surface area contributed by atoms with Gasteiger partial charge in [0.05, 0.1) is 26.2 Å². The largest absolute Gasteiger partial charge is 0.482 e. The smallest absolute Gasteiger partial charge is 0.341 e. The van der Waals surface area contributed by atoms with Crippen molar-refractivity contribution in [3.8, 4) is 11.5 Å². The first-order valence-electron chi connectivity index (χ1n) is 12.2. The van der Waals surface area contributed by atoms with Gasteiger partial charge in [0.25, 0.3) is 0 Å². The molecule has 0 unspecified atom stereocenters. The van der Waals surface area contributed by atoms with Crippen molar-refractivity contribution in [2.45, 2.75) is 44.9 Å². The van der Waals surface area contributed by atoms with Gasteiger partial charge in [-0.25, -0.2) is 9.59 Å². The van der Waals surface area contributed by atoms with Crippen LogP contribution in [0, 0.1) is 0 Å². The van der Waals surface area contributed by atoms with Crippen molar-refractivity contribution in [3.63, 3.8) is 0 Å². The fourth-order valence-corrected chi connectivity index (χ4v) is 4.77. The number of nitrogens with zero attached hydrogens (tertiary/aromatic N) is 1. The summed E-state index contributed by atoms with van der Waals surface area (Å²) in [5.41, 5.74) is 2.51.